The molecule has 2 aromatic rings. The van der Waals surface area contributed by atoms with Crippen molar-refractivity contribution in [1.82, 2.24) is 10.3 Å². The van der Waals surface area contributed by atoms with Gasteiger partial charge in [-0.05, 0) is 31.2 Å². The number of amides is 1. The number of para-hydroxylation sites is 1. The van der Waals surface area contributed by atoms with Crippen LogP contribution in [0, 0.1) is 23.3 Å². The lowest BCUT2D eigenvalue weighted by Gasteiger charge is -2.15. The molecular formula is C15H12F4N2O4S. The number of carbonyl (C=O) groups is 1. The van der Waals surface area contributed by atoms with Gasteiger partial charge in [0.05, 0.1) is 0 Å². The van der Waals surface area contributed by atoms with Crippen molar-refractivity contribution in [2.24, 2.45) is 0 Å². The molecule has 140 valence electrons. The molecule has 0 aliphatic carbocycles. The van der Waals surface area contributed by atoms with Gasteiger partial charge in [-0.25, -0.2) is 26.0 Å². The molecule has 0 fully saturated rings. The van der Waals surface area contributed by atoms with Crippen molar-refractivity contribution in [3.05, 3.63) is 59.7 Å². The van der Waals surface area contributed by atoms with Gasteiger partial charge in [0.25, 0.3) is 15.9 Å². The van der Waals surface area contributed by atoms with Crippen LogP contribution in [0.5, 0.6) is 5.75 Å². The normalized spacial score (nSPS) is 12.5. The number of carbonyl (C=O) groups excluding carboxylic acids is 1. The van der Waals surface area contributed by atoms with Crippen molar-refractivity contribution >= 4 is 15.9 Å². The minimum Gasteiger partial charge on any atom is -0.478 e. The smallest absolute Gasteiger partial charge is 0.275 e. The maximum Gasteiger partial charge on any atom is 0.275 e. The highest BCUT2D eigenvalue weighted by molar-refractivity contribution is 7.89. The lowest BCUT2D eigenvalue weighted by molar-refractivity contribution is -0.127. The molecule has 0 heterocycles. The number of nitrogens with one attached hydrogen (secondary N) is 2. The van der Waals surface area contributed by atoms with Gasteiger partial charge >= 0.3 is 0 Å². The summed E-state index contributed by atoms with van der Waals surface area (Å²) in [5.41, 5.74) is 1.71. The number of hydrogen-bond acceptors (Lipinski definition) is 4. The Bertz CT molecular complexity index is 937. The fourth-order valence-corrected chi connectivity index (χ4v) is 2.69. The molecule has 6 nitrogen and oxygen atoms in total. The van der Waals surface area contributed by atoms with E-state index in [2.05, 4.69) is 0 Å². The van der Waals surface area contributed by atoms with Crippen LogP contribution in [-0.4, -0.2) is 20.4 Å². The minimum atomic E-state index is -4.73. The Labute approximate surface area is 145 Å². The van der Waals surface area contributed by atoms with E-state index < -0.39 is 50.2 Å². The number of halogens is 4. The van der Waals surface area contributed by atoms with Crippen LogP contribution in [-0.2, 0) is 14.8 Å². The first-order valence-electron chi connectivity index (χ1n) is 7.00. The van der Waals surface area contributed by atoms with E-state index >= 15 is 0 Å². The Morgan fingerprint density at radius 1 is 1.00 bits per heavy atom. The van der Waals surface area contributed by atoms with Gasteiger partial charge in [-0.1, -0.05) is 12.1 Å². The monoisotopic (exact) mass is 392 g/mol. The van der Waals surface area contributed by atoms with E-state index in [1.54, 1.807) is 5.43 Å². The van der Waals surface area contributed by atoms with Crippen molar-refractivity contribution in [2.45, 2.75) is 17.9 Å². The summed E-state index contributed by atoms with van der Waals surface area (Å²) in [5.74, 6) is -7.52. The molecule has 0 saturated carbocycles. The number of benzene rings is 2. The fraction of sp³-hybridized carbons (Fsp3) is 0.133. The molecule has 0 radical (unpaired) electrons. The molecule has 11 heteroatoms. The van der Waals surface area contributed by atoms with Crippen LogP contribution in [0.3, 0.4) is 0 Å². The first-order valence-corrected chi connectivity index (χ1v) is 8.48. The predicted molar refractivity (Wildman–Crippen MR) is 81.3 cm³/mol. The Hall–Kier alpha value is -2.66. The summed E-state index contributed by atoms with van der Waals surface area (Å²) in [5, 5.41) is 0. The maximum absolute atomic E-state index is 13.6. The minimum absolute atomic E-state index is 0.246. The fourth-order valence-electron chi connectivity index (χ4n) is 1.77. The zero-order valence-electron chi connectivity index (χ0n) is 13.1. The van der Waals surface area contributed by atoms with Gasteiger partial charge in [-0.2, -0.15) is 0 Å². The van der Waals surface area contributed by atoms with Crippen molar-refractivity contribution in [2.75, 3.05) is 0 Å². The van der Waals surface area contributed by atoms with Crippen molar-refractivity contribution < 1.29 is 35.5 Å². The lowest BCUT2D eigenvalue weighted by Crippen LogP contribution is -2.47. The quantitative estimate of drug-likeness (QED) is 0.448. The van der Waals surface area contributed by atoms with Crippen LogP contribution >= 0.6 is 0 Å². The third-order valence-corrected chi connectivity index (χ3v) is 4.37. The van der Waals surface area contributed by atoms with Crippen molar-refractivity contribution in [3.8, 4) is 5.75 Å². The molecule has 0 spiro atoms. The number of rotatable bonds is 6. The maximum atomic E-state index is 13.6. The summed E-state index contributed by atoms with van der Waals surface area (Å²) >= 11 is 0. The van der Waals surface area contributed by atoms with Crippen molar-refractivity contribution in [3.63, 3.8) is 0 Å². The zero-order chi connectivity index (χ0) is 19.5. The van der Waals surface area contributed by atoms with Crippen LogP contribution < -0.4 is 15.0 Å². The Kier molecular flexibility index (Phi) is 5.83. The van der Waals surface area contributed by atoms with E-state index in [9.17, 15) is 30.8 Å². The predicted octanol–water partition coefficient (Wildman–Crippen LogP) is 2.02. The highest BCUT2D eigenvalue weighted by Gasteiger charge is 2.25. The number of hydrogen-bond donors (Lipinski definition) is 2. The van der Waals surface area contributed by atoms with Crippen LogP contribution in [0.4, 0.5) is 17.6 Å². The van der Waals surface area contributed by atoms with Gasteiger partial charge in [0.2, 0.25) is 0 Å². The molecule has 0 aromatic heterocycles. The lowest BCUT2D eigenvalue weighted by atomic mass is 10.3. The van der Waals surface area contributed by atoms with Gasteiger partial charge in [0.15, 0.2) is 35.1 Å². The molecule has 0 bridgehead atoms. The molecule has 2 N–H and O–H groups in total. The second-order valence-corrected chi connectivity index (χ2v) is 6.61. The molecule has 0 aliphatic heterocycles. The van der Waals surface area contributed by atoms with E-state index in [1.807, 2.05) is 0 Å². The van der Waals surface area contributed by atoms with Crippen molar-refractivity contribution in [1.29, 1.82) is 0 Å². The number of sulfonamides is 1. The summed E-state index contributed by atoms with van der Waals surface area (Å²) in [6, 6.07) is 6.10. The third kappa shape index (κ3) is 4.29. The molecule has 2 rings (SSSR count). The summed E-state index contributed by atoms with van der Waals surface area (Å²) < 4.78 is 81.8. The van der Waals surface area contributed by atoms with Gasteiger partial charge < -0.3 is 4.74 Å². The number of ether oxygens (including phenoxy) is 1. The Morgan fingerprint density at radius 3 is 2.31 bits per heavy atom. The standard InChI is InChI=1S/C15H12F4N2O4S/c1-8(25-11-5-3-2-4-9(11)16)15(22)20-21-26(23,24)12-7-6-10(17)13(18)14(12)19/h2-8,21H,1H3,(H,20,22)/t8-/m0/s1. The summed E-state index contributed by atoms with van der Waals surface area (Å²) in [6.45, 7) is 1.20. The van der Waals surface area contributed by atoms with Gasteiger partial charge in [-0.15, -0.1) is 4.83 Å². The molecule has 2 aromatic carbocycles. The second kappa shape index (κ2) is 7.70. The van der Waals surface area contributed by atoms with E-state index in [-0.39, 0.29) is 5.75 Å². The number of hydrazine groups is 1. The topological polar surface area (TPSA) is 84.5 Å². The largest absolute Gasteiger partial charge is 0.478 e. The van der Waals surface area contributed by atoms with E-state index in [1.165, 1.54) is 30.0 Å². The first-order chi connectivity index (χ1) is 12.1. The second-order valence-electron chi connectivity index (χ2n) is 4.96. The molecule has 26 heavy (non-hydrogen) atoms. The van der Waals surface area contributed by atoms with Gasteiger partial charge in [0, 0.05) is 0 Å². The third-order valence-electron chi connectivity index (χ3n) is 3.11. The average molecular weight is 392 g/mol. The molecule has 0 aliphatic rings. The van der Waals surface area contributed by atoms with Crippen LogP contribution in [0.2, 0.25) is 0 Å². The summed E-state index contributed by atoms with van der Waals surface area (Å²) in [4.78, 5) is 12.1. The zero-order valence-corrected chi connectivity index (χ0v) is 13.9. The van der Waals surface area contributed by atoms with Gasteiger partial charge in [-0.3, -0.25) is 10.2 Å². The van der Waals surface area contributed by atoms with Crippen LogP contribution in [0.15, 0.2) is 41.3 Å². The Morgan fingerprint density at radius 2 is 1.65 bits per heavy atom. The molecule has 0 unspecified atom stereocenters. The van der Waals surface area contributed by atoms with Crippen LogP contribution in [0.1, 0.15) is 6.92 Å². The molecule has 1 atom stereocenters. The molecular weight excluding hydrogens is 380 g/mol. The highest BCUT2D eigenvalue weighted by Crippen LogP contribution is 2.19. The molecule has 0 saturated heterocycles. The Balaban J connectivity index is 2.06. The summed E-state index contributed by atoms with van der Waals surface area (Å²) in [7, 11) is -4.73. The van der Waals surface area contributed by atoms with E-state index in [0.29, 0.717) is 12.1 Å². The summed E-state index contributed by atoms with van der Waals surface area (Å²) in [6.07, 6.45) is -1.33. The van der Waals surface area contributed by atoms with E-state index in [4.69, 9.17) is 4.74 Å². The van der Waals surface area contributed by atoms with Crippen LogP contribution in [0.25, 0.3) is 0 Å². The van der Waals surface area contributed by atoms with E-state index in [0.717, 1.165) is 6.07 Å². The molecule has 1 amide bonds. The highest BCUT2D eigenvalue weighted by atomic mass is 32.2. The SMILES string of the molecule is C[C@H](Oc1ccccc1F)C(=O)NNS(=O)(=O)c1ccc(F)c(F)c1F. The average Bonchev–Trinajstić information content (AvgIpc) is 2.59. The first kappa shape index (κ1) is 19.7. The van der Waals surface area contributed by atoms with Gasteiger partial charge in [0.1, 0.15) is 4.90 Å².